The highest BCUT2D eigenvalue weighted by atomic mass is 16.2. The fourth-order valence-electron chi connectivity index (χ4n) is 2.02. The van der Waals surface area contributed by atoms with Crippen molar-refractivity contribution >= 4 is 11.9 Å². The highest BCUT2D eigenvalue weighted by molar-refractivity contribution is 5.84. The number of rotatable bonds is 8. The number of hydrogen-bond donors (Lipinski definition) is 3. The summed E-state index contributed by atoms with van der Waals surface area (Å²) in [5.41, 5.74) is -0.524. The van der Waals surface area contributed by atoms with E-state index in [0.29, 0.717) is 19.0 Å². The van der Waals surface area contributed by atoms with Crippen LogP contribution in [0.4, 0.5) is 0 Å². The molecule has 1 heterocycles. The first-order valence-electron chi connectivity index (χ1n) is 8.41. The van der Waals surface area contributed by atoms with Crippen molar-refractivity contribution < 1.29 is 4.79 Å². The maximum Gasteiger partial charge on any atom is 0.227 e. The Labute approximate surface area is 144 Å². The third-order valence-corrected chi connectivity index (χ3v) is 3.92. The number of hydrogen-bond acceptors (Lipinski definition) is 4. The van der Waals surface area contributed by atoms with Crippen molar-refractivity contribution in [1.29, 1.82) is 0 Å². The van der Waals surface area contributed by atoms with Gasteiger partial charge in [0.15, 0.2) is 11.8 Å². The second-order valence-corrected chi connectivity index (χ2v) is 6.48. The first kappa shape index (κ1) is 19.9. The van der Waals surface area contributed by atoms with Crippen LogP contribution in [-0.4, -0.2) is 46.8 Å². The lowest BCUT2D eigenvalue weighted by molar-refractivity contribution is -0.128. The number of nitrogens with one attached hydrogen (secondary N) is 3. The molecule has 0 bridgehead atoms. The summed E-state index contributed by atoms with van der Waals surface area (Å²) in [5.74, 6) is 2.33. The normalized spacial score (nSPS) is 12.2. The summed E-state index contributed by atoms with van der Waals surface area (Å²) >= 11 is 0. The van der Waals surface area contributed by atoms with Gasteiger partial charge in [0.2, 0.25) is 5.91 Å². The molecule has 0 saturated heterocycles. The molecular weight excluding hydrogens is 306 g/mol. The molecule has 0 aliphatic heterocycles. The summed E-state index contributed by atoms with van der Waals surface area (Å²) in [6.07, 6.45) is 2.16. The van der Waals surface area contributed by atoms with Gasteiger partial charge in [-0.05, 0) is 27.2 Å². The van der Waals surface area contributed by atoms with Crippen LogP contribution >= 0.6 is 0 Å². The molecule has 8 nitrogen and oxygen atoms in total. The maximum absolute atomic E-state index is 11.9. The zero-order chi connectivity index (χ0) is 18.2. The fourth-order valence-corrected chi connectivity index (χ4v) is 2.02. The topological polar surface area (TPSA) is 96.2 Å². The van der Waals surface area contributed by atoms with Crippen molar-refractivity contribution in [2.24, 2.45) is 17.5 Å². The Kier molecular flexibility index (Phi) is 7.67. The van der Waals surface area contributed by atoms with Gasteiger partial charge >= 0.3 is 0 Å². The molecule has 1 aromatic heterocycles. The van der Waals surface area contributed by atoms with E-state index in [2.05, 4.69) is 38.1 Å². The van der Waals surface area contributed by atoms with Crippen LogP contribution in [0.15, 0.2) is 4.99 Å². The lowest BCUT2D eigenvalue weighted by atomic mass is 9.92. The van der Waals surface area contributed by atoms with E-state index < -0.39 is 5.41 Å². The Morgan fingerprint density at radius 2 is 2.00 bits per heavy atom. The molecule has 0 unspecified atom stereocenters. The van der Waals surface area contributed by atoms with Crippen LogP contribution in [0.2, 0.25) is 0 Å². The number of nitrogens with zero attached hydrogens (tertiary/aromatic N) is 4. The fraction of sp³-hybridized carbons (Fsp3) is 0.750. The third-order valence-electron chi connectivity index (χ3n) is 3.92. The average Bonchev–Trinajstić information content (AvgIpc) is 2.88. The molecule has 1 aromatic rings. The molecule has 0 atom stereocenters. The maximum atomic E-state index is 11.9. The van der Waals surface area contributed by atoms with Crippen molar-refractivity contribution in [2.75, 3.05) is 20.1 Å². The summed E-state index contributed by atoms with van der Waals surface area (Å²) in [6.45, 7) is 9.60. The van der Waals surface area contributed by atoms with Crippen LogP contribution in [0.5, 0.6) is 0 Å². The SMILES string of the molecule is CCCCNC(=NCc1nnc(C)n1C)NCC(C)(C)C(=O)NC. The van der Waals surface area contributed by atoms with E-state index in [1.165, 1.54) is 0 Å². The van der Waals surface area contributed by atoms with Crippen LogP contribution in [0.3, 0.4) is 0 Å². The van der Waals surface area contributed by atoms with E-state index in [9.17, 15) is 4.79 Å². The van der Waals surface area contributed by atoms with E-state index in [1.807, 2.05) is 32.4 Å². The molecule has 1 rings (SSSR count). The molecule has 0 spiro atoms. The van der Waals surface area contributed by atoms with Crippen molar-refractivity contribution in [3.63, 3.8) is 0 Å². The summed E-state index contributed by atoms with van der Waals surface area (Å²) < 4.78 is 1.92. The largest absolute Gasteiger partial charge is 0.359 e. The minimum absolute atomic E-state index is 0.00756. The van der Waals surface area contributed by atoms with Crippen LogP contribution in [0.25, 0.3) is 0 Å². The van der Waals surface area contributed by atoms with Gasteiger partial charge in [0.1, 0.15) is 12.4 Å². The Bertz CT molecular complexity index is 563. The number of aryl methyl sites for hydroxylation is 1. The van der Waals surface area contributed by atoms with Gasteiger partial charge in [0.05, 0.1) is 5.41 Å². The molecule has 24 heavy (non-hydrogen) atoms. The molecule has 0 aromatic carbocycles. The van der Waals surface area contributed by atoms with Crippen molar-refractivity contribution in [3.05, 3.63) is 11.6 Å². The number of carbonyl (C=O) groups excluding carboxylic acids is 1. The highest BCUT2D eigenvalue weighted by Crippen LogP contribution is 2.13. The number of guanidine groups is 1. The average molecular weight is 337 g/mol. The first-order valence-corrected chi connectivity index (χ1v) is 8.41. The van der Waals surface area contributed by atoms with Gasteiger partial charge in [-0.25, -0.2) is 4.99 Å². The van der Waals surface area contributed by atoms with Gasteiger partial charge in [-0.2, -0.15) is 0 Å². The zero-order valence-corrected chi connectivity index (χ0v) is 15.7. The molecular formula is C16H31N7O. The molecule has 0 aliphatic rings. The minimum atomic E-state index is -0.524. The van der Waals surface area contributed by atoms with Crippen molar-refractivity contribution in [2.45, 2.75) is 47.1 Å². The van der Waals surface area contributed by atoms with E-state index in [4.69, 9.17) is 0 Å². The summed E-state index contributed by atoms with van der Waals surface area (Å²) in [6, 6.07) is 0. The highest BCUT2D eigenvalue weighted by Gasteiger charge is 2.26. The van der Waals surface area contributed by atoms with E-state index in [1.54, 1.807) is 7.05 Å². The first-order chi connectivity index (χ1) is 11.3. The summed E-state index contributed by atoms with van der Waals surface area (Å²) in [7, 11) is 3.57. The monoisotopic (exact) mass is 337 g/mol. The number of aliphatic imine (C=N–C) groups is 1. The van der Waals surface area contributed by atoms with Crippen LogP contribution in [0.1, 0.15) is 45.3 Å². The number of carbonyl (C=O) groups is 1. The molecule has 1 amide bonds. The zero-order valence-electron chi connectivity index (χ0n) is 15.7. The predicted octanol–water partition coefficient (Wildman–Crippen LogP) is 0.731. The predicted molar refractivity (Wildman–Crippen MR) is 95.6 cm³/mol. The van der Waals surface area contributed by atoms with Crippen LogP contribution < -0.4 is 16.0 Å². The Hall–Kier alpha value is -2.12. The van der Waals surface area contributed by atoms with Crippen LogP contribution in [0, 0.1) is 12.3 Å². The number of unbranched alkanes of at least 4 members (excludes halogenated alkanes) is 1. The molecule has 3 N–H and O–H groups in total. The van der Waals surface area contributed by atoms with E-state index >= 15 is 0 Å². The molecule has 0 saturated carbocycles. The quantitative estimate of drug-likeness (QED) is 0.369. The Balaban J connectivity index is 2.74. The van der Waals surface area contributed by atoms with E-state index in [0.717, 1.165) is 31.0 Å². The van der Waals surface area contributed by atoms with Gasteiger partial charge in [0.25, 0.3) is 0 Å². The molecule has 0 radical (unpaired) electrons. The number of amides is 1. The van der Waals surface area contributed by atoms with Crippen molar-refractivity contribution in [3.8, 4) is 0 Å². The standard InChI is InChI=1S/C16H31N7O/c1-7-8-9-18-15(20-11-16(3,4)14(24)17-5)19-10-13-22-21-12(2)23(13)6/h7-11H2,1-6H3,(H,17,24)(H2,18,19,20). The number of aromatic nitrogens is 3. The lowest BCUT2D eigenvalue weighted by Gasteiger charge is -2.24. The Morgan fingerprint density at radius 3 is 2.54 bits per heavy atom. The third kappa shape index (κ3) is 5.82. The smallest absolute Gasteiger partial charge is 0.227 e. The Morgan fingerprint density at radius 1 is 1.29 bits per heavy atom. The molecule has 8 heteroatoms. The van der Waals surface area contributed by atoms with Gasteiger partial charge < -0.3 is 20.5 Å². The van der Waals surface area contributed by atoms with Gasteiger partial charge in [-0.3, -0.25) is 4.79 Å². The van der Waals surface area contributed by atoms with Gasteiger partial charge in [-0.15, -0.1) is 10.2 Å². The lowest BCUT2D eigenvalue weighted by Crippen LogP contribution is -2.47. The molecule has 0 fully saturated rings. The summed E-state index contributed by atoms with van der Waals surface area (Å²) in [4.78, 5) is 16.5. The second kappa shape index (κ2) is 9.24. The molecule has 136 valence electrons. The molecule has 0 aliphatic carbocycles. The van der Waals surface area contributed by atoms with Gasteiger partial charge in [-0.1, -0.05) is 13.3 Å². The van der Waals surface area contributed by atoms with Gasteiger partial charge in [0, 0.05) is 27.2 Å². The van der Waals surface area contributed by atoms with Crippen LogP contribution in [-0.2, 0) is 18.4 Å². The van der Waals surface area contributed by atoms with Crippen molar-refractivity contribution in [1.82, 2.24) is 30.7 Å². The second-order valence-electron chi connectivity index (χ2n) is 6.48. The van der Waals surface area contributed by atoms with E-state index in [-0.39, 0.29) is 5.91 Å². The minimum Gasteiger partial charge on any atom is -0.359 e. The summed E-state index contributed by atoms with van der Waals surface area (Å²) in [5, 5.41) is 17.4.